The van der Waals surface area contributed by atoms with Crippen molar-refractivity contribution in [2.45, 2.75) is 19.3 Å². The highest BCUT2D eigenvalue weighted by Crippen LogP contribution is 2.14. The number of halogens is 1. The first-order valence-corrected chi connectivity index (χ1v) is 6.56. The van der Waals surface area contributed by atoms with E-state index in [0.29, 0.717) is 6.42 Å². The molecule has 1 fully saturated rings. The van der Waals surface area contributed by atoms with E-state index in [1.165, 1.54) is 12.8 Å². The van der Waals surface area contributed by atoms with E-state index < -0.39 is 0 Å². The number of likely N-dealkylation sites (tertiary alicyclic amines) is 1. The number of rotatable bonds is 4. The van der Waals surface area contributed by atoms with Crippen LogP contribution in [-0.2, 0) is 0 Å². The Bertz CT molecular complexity index is 372. The summed E-state index contributed by atoms with van der Waals surface area (Å²) in [5, 5.41) is 0. The summed E-state index contributed by atoms with van der Waals surface area (Å²) in [5.74, 6) is 0.244. The van der Waals surface area contributed by atoms with Gasteiger partial charge in [0, 0.05) is 23.0 Å². The number of hydrogen-bond acceptors (Lipinski definition) is 2. The van der Waals surface area contributed by atoms with Crippen molar-refractivity contribution in [1.29, 1.82) is 0 Å². The van der Waals surface area contributed by atoms with Crippen LogP contribution in [0.1, 0.15) is 29.6 Å². The molecule has 0 saturated carbocycles. The van der Waals surface area contributed by atoms with Gasteiger partial charge in [-0.2, -0.15) is 0 Å². The van der Waals surface area contributed by atoms with E-state index in [4.69, 9.17) is 0 Å². The van der Waals surface area contributed by atoms with Gasteiger partial charge in [-0.05, 0) is 38.1 Å². The van der Waals surface area contributed by atoms with Gasteiger partial charge in [0.25, 0.3) is 0 Å². The first kappa shape index (κ1) is 11.8. The molecule has 1 saturated heterocycles. The van der Waals surface area contributed by atoms with Gasteiger partial charge in [0.2, 0.25) is 0 Å². The SMILES string of the molecule is O=C(CCN1CCCC1)c1cccc(Br)c1. The Morgan fingerprint density at radius 3 is 2.75 bits per heavy atom. The first-order chi connectivity index (χ1) is 7.75. The smallest absolute Gasteiger partial charge is 0.164 e. The Balaban J connectivity index is 1.87. The molecule has 16 heavy (non-hydrogen) atoms. The van der Waals surface area contributed by atoms with Crippen molar-refractivity contribution in [1.82, 2.24) is 4.90 Å². The molecule has 0 bridgehead atoms. The molecule has 1 aromatic rings. The van der Waals surface area contributed by atoms with E-state index in [1.807, 2.05) is 24.3 Å². The molecule has 2 nitrogen and oxygen atoms in total. The Hall–Kier alpha value is -0.670. The predicted octanol–water partition coefficient (Wildman–Crippen LogP) is 3.12. The van der Waals surface area contributed by atoms with Crippen LogP contribution in [0.15, 0.2) is 28.7 Å². The van der Waals surface area contributed by atoms with Crippen molar-refractivity contribution in [3.8, 4) is 0 Å². The lowest BCUT2D eigenvalue weighted by Gasteiger charge is -2.13. The van der Waals surface area contributed by atoms with Gasteiger partial charge in [-0.3, -0.25) is 4.79 Å². The number of nitrogens with zero attached hydrogens (tertiary/aromatic N) is 1. The quantitative estimate of drug-likeness (QED) is 0.791. The maximum Gasteiger partial charge on any atom is 0.164 e. The first-order valence-electron chi connectivity index (χ1n) is 5.77. The minimum absolute atomic E-state index is 0.244. The summed E-state index contributed by atoms with van der Waals surface area (Å²) < 4.78 is 0.972. The van der Waals surface area contributed by atoms with E-state index in [-0.39, 0.29) is 5.78 Å². The Kier molecular flexibility index (Phi) is 4.13. The largest absolute Gasteiger partial charge is 0.303 e. The molecule has 3 heteroatoms. The molecule has 86 valence electrons. The summed E-state index contributed by atoms with van der Waals surface area (Å²) in [5.41, 5.74) is 0.813. The second-order valence-corrected chi connectivity index (χ2v) is 5.15. The number of Topliss-reactive ketones (excluding diaryl/α,β-unsaturated/α-hetero) is 1. The fourth-order valence-electron chi connectivity index (χ4n) is 2.07. The van der Waals surface area contributed by atoms with E-state index in [2.05, 4.69) is 20.8 Å². The van der Waals surface area contributed by atoms with Crippen LogP contribution in [-0.4, -0.2) is 30.3 Å². The van der Waals surface area contributed by atoms with Gasteiger partial charge < -0.3 is 4.90 Å². The molecule has 2 rings (SSSR count). The average molecular weight is 282 g/mol. The number of carbonyl (C=O) groups excluding carboxylic acids is 1. The summed E-state index contributed by atoms with van der Waals surface area (Å²) in [6.45, 7) is 3.23. The molecule has 1 aliphatic heterocycles. The molecule has 0 aliphatic carbocycles. The predicted molar refractivity (Wildman–Crippen MR) is 68.8 cm³/mol. The lowest BCUT2D eigenvalue weighted by molar-refractivity contribution is 0.0969. The summed E-state index contributed by atoms with van der Waals surface area (Å²) in [6.07, 6.45) is 3.20. The molecular weight excluding hydrogens is 266 g/mol. The van der Waals surface area contributed by atoms with E-state index in [9.17, 15) is 4.79 Å². The van der Waals surface area contributed by atoms with Gasteiger partial charge in [0.15, 0.2) is 5.78 Å². The van der Waals surface area contributed by atoms with Gasteiger partial charge in [-0.1, -0.05) is 28.1 Å². The monoisotopic (exact) mass is 281 g/mol. The Morgan fingerprint density at radius 2 is 2.06 bits per heavy atom. The zero-order chi connectivity index (χ0) is 11.4. The van der Waals surface area contributed by atoms with Crippen LogP contribution in [0.2, 0.25) is 0 Å². The molecule has 0 radical (unpaired) electrons. The van der Waals surface area contributed by atoms with Crippen molar-refractivity contribution in [3.05, 3.63) is 34.3 Å². The number of ketones is 1. The molecule has 1 heterocycles. The summed E-state index contributed by atoms with van der Waals surface area (Å²) in [4.78, 5) is 14.3. The van der Waals surface area contributed by atoms with Gasteiger partial charge in [0.1, 0.15) is 0 Å². The second-order valence-electron chi connectivity index (χ2n) is 4.23. The number of carbonyl (C=O) groups is 1. The minimum atomic E-state index is 0.244. The van der Waals surface area contributed by atoms with Gasteiger partial charge in [-0.25, -0.2) is 0 Å². The topological polar surface area (TPSA) is 20.3 Å². The molecule has 0 atom stereocenters. The van der Waals surface area contributed by atoms with Crippen molar-refractivity contribution in [2.75, 3.05) is 19.6 Å². The summed E-state index contributed by atoms with van der Waals surface area (Å²) >= 11 is 3.39. The highest BCUT2D eigenvalue weighted by atomic mass is 79.9. The van der Waals surface area contributed by atoms with Crippen LogP contribution in [0.25, 0.3) is 0 Å². The molecule has 0 unspecified atom stereocenters. The van der Waals surface area contributed by atoms with Gasteiger partial charge in [0.05, 0.1) is 0 Å². The van der Waals surface area contributed by atoms with Crippen molar-refractivity contribution < 1.29 is 4.79 Å². The van der Waals surface area contributed by atoms with Crippen molar-refractivity contribution >= 4 is 21.7 Å². The molecule has 0 aromatic heterocycles. The van der Waals surface area contributed by atoms with Crippen LogP contribution >= 0.6 is 15.9 Å². The van der Waals surface area contributed by atoms with Crippen LogP contribution < -0.4 is 0 Å². The number of hydrogen-bond donors (Lipinski definition) is 0. The van der Waals surface area contributed by atoms with Gasteiger partial charge >= 0.3 is 0 Å². The van der Waals surface area contributed by atoms with Crippen LogP contribution in [0, 0.1) is 0 Å². The van der Waals surface area contributed by atoms with E-state index in [1.54, 1.807) is 0 Å². The van der Waals surface area contributed by atoms with Gasteiger partial charge in [-0.15, -0.1) is 0 Å². The molecule has 0 amide bonds. The van der Waals surface area contributed by atoms with E-state index in [0.717, 1.165) is 29.7 Å². The van der Waals surface area contributed by atoms with Crippen molar-refractivity contribution in [3.63, 3.8) is 0 Å². The standard InChI is InChI=1S/C13H16BrNO/c14-12-5-3-4-11(10-12)13(16)6-9-15-7-1-2-8-15/h3-5,10H,1-2,6-9H2. The molecular formula is C13H16BrNO. The average Bonchev–Trinajstić information content (AvgIpc) is 2.78. The van der Waals surface area contributed by atoms with Crippen LogP contribution in [0.3, 0.4) is 0 Å². The Morgan fingerprint density at radius 1 is 1.31 bits per heavy atom. The fraction of sp³-hybridized carbons (Fsp3) is 0.462. The maximum absolute atomic E-state index is 11.9. The molecule has 0 spiro atoms. The zero-order valence-electron chi connectivity index (χ0n) is 9.29. The third-order valence-corrected chi connectivity index (χ3v) is 3.49. The third-order valence-electron chi connectivity index (χ3n) is 3.00. The summed E-state index contributed by atoms with van der Waals surface area (Å²) in [6, 6.07) is 7.63. The van der Waals surface area contributed by atoms with E-state index >= 15 is 0 Å². The third kappa shape index (κ3) is 3.16. The molecule has 1 aliphatic rings. The normalized spacial score (nSPS) is 16.6. The zero-order valence-corrected chi connectivity index (χ0v) is 10.9. The molecule has 0 N–H and O–H groups in total. The highest BCUT2D eigenvalue weighted by molar-refractivity contribution is 9.10. The molecule has 1 aromatic carbocycles. The second kappa shape index (κ2) is 5.60. The van der Waals surface area contributed by atoms with Crippen molar-refractivity contribution in [2.24, 2.45) is 0 Å². The Labute approximate surface area is 105 Å². The van der Waals surface area contributed by atoms with Crippen LogP contribution in [0.5, 0.6) is 0 Å². The summed E-state index contributed by atoms with van der Waals surface area (Å²) in [7, 11) is 0. The maximum atomic E-state index is 11.9. The highest BCUT2D eigenvalue weighted by Gasteiger charge is 2.13. The minimum Gasteiger partial charge on any atom is -0.303 e. The lowest BCUT2D eigenvalue weighted by Crippen LogP contribution is -2.22. The lowest BCUT2D eigenvalue weighted by atomic mass is 10.1. The fourth-order valence-corrected chi connectivity index (χ4v) is 2.47. The number of benzene rings is 1. The van der Waals surface area contributed by atoms with Crippen LogP contribution in [0.4, 0.5) is 0 Å².